The van der Waals surface area contributed by atoms with Crippen LogP contribution in [0.5, 0.6) is 0 Å². The van der Waals surface area contributed by atoms with Crippen LogP contribution in [0.3, 0.4) is 0 Å². The van der Waals surface area contributed by atoms with Gasteiger partial charge in [0.15, 0.2) is 0 Å². The van der Waals surface area contributed by atoms with Gasteiger partial charge in [-0.3, -0.25) is 4.79 Å². The highest BCUT2D eigenvalue weighted by Crippen LogP contribution is 2.30. The minimum absolute atomic E-state index is 0.0493. The van der Waals surface area contributed by atoms with Crippen molar-refractivity contribution in [3.8, 4) is 0 Å². The monoisotopic (exact) mass is 329 g/mol. The fourth-order valence-corrected chi connectivity index (χ4v) is 4.85. The summed E-state index contributed by atoms with van der Waals surface area (Å²) in [5, 5.41) is 3.18. The number of carbonyl (C=O) groups is 1. The second-order valence-electron chi connectivity index (χ2n) is 6.75. The topological polar surface area (TPSA) is 45.2 Å². The zero-order valence-corrected chi connectivity index (χ0v) is 14.1. The minimum Gasteiger partial charge on any atom is -0.352 e. The van der Waals surface area contributed by atoms with Crippen LogP contribution >= 0.6 is 11.3 Å². The van der Waals surface area contributed by atoms with Crippen molar-refractivity contribution < 1.29 is 4.79 Å². The first kappa shape index (κ1) is 15.1. The van der Waals surface area contributed by atoms with Crippen molar-refractivity contribution in [2.75, 3.05) is 19.6 Å². The fourth-order valence-electron chi connectivity index (χ4n) is 4.14. The molecule has 1 aromatic heterocycles. The summed E-state index contributed by atoms with van der Waals surface area (Å²) in [4.78, 5) is 19.4. The Labute approximate surface area is 140 Å². The van der Waals surface area contributed by atoms with Crippen LogP contribution in [0, 0.1) is 5.92 Å². The second-order valence-corrected chi connectivity index (χ2v) is 7.63. The normalized spacial score (nSPS) is 25.2. The Morgan fingerprint density at radius 2 is 2.17 bits per heavy atom. The predicted octanol–water partition coefficient (Wildman–Crippen LogP) is 3.29. The number of piperidine rings is 2. The van der Waals surface area contributed by atoms with E-state index in [9.17, 15) is 4.79 Å². The first-order valence-corrected chi connectivity index (χ1v) is 9.55. The summed E-state index contributed by atoms with van der Waals surface area (Å²) in [5.74, 6) is 0.661. The first-order chi connectivity index (χ1) is 11.3. The van der Waals surface area contributed by atoms with E-state index in [1.54, 1.807) is 11.3 Å². The van der Waals surface area contributed by atoms with Gasteiger partial charge in [0.05, 0.1) is 15.7 Å². The Kier molecular flexibility index (Phi) is 4.31. The van der Waals surface area contributed by atoms with Crippen LogP contribution in [0.15, 0.2) is 23.7 Å². The molecule has 0 aliphatic carbocycles. The van der Waals surface area contributed by atoms with Gasteiger partial charge in [0.1, 0.15) is 0 Å². The Bertz CT molecular complexity index is 696. The quantitative estimate of drug-likeness (QED) is 0.940. The summed E-state index contributed by atoms with van der Waals surface area (Å²) in [6.45, 7) is 3.30. The van der Waals surface area contributed by atoms with Crippen molar-refractivity contribution in [2.45, 2.75) is 38.1 Å². The van der Waals surface area contributed by atoms with Crippen molar-refractivity contribution in [3.05, 3.63) is 29.3 Å². The van der Waals surface area contributed by atoms with Gasteiger partial charge >= 0.3 is 0 Å². The molecule has 23 heavy (non-hydrogen) atoms. The smallest absolute Gasteiger partial charge is 0.251 e. The molecule has 0 bridgehead atoms. The van der Waals surface area contributed by atoms with E-state index in [1.807, 2.05) is 23.7 Å². The van der Waals surface area contributed by atoms with Crippen LogP contribution < -0.4 is 5.32 Å². The van der Waals surface area contributed by atoms with Crippen LogP contribution in [0.25, 0.3) is 10.2 Å². The van der Waals surface area contributed by atoms with Gasteiger partial charge < -0.3 is 10.2 Å². The van der Waals surface area contributed by atoms with E-state index in [0.29, 0.717) is 12.0 Å². The largest absolute Gasteiger partial charge is 0.352 e. The van der Waals surface area contributed by atoms with Gasteiger partial charge in [-0.15, -0.1) is 11.3 Å². The van der Waals surface area contributed by atoms with Crippen LogP contribution in [-0.4, -0.2) is 41.5 Å². The number of rotatable bonds is 3. The number of amides is 1. The van der Waals surface area contributed by atoms with E-state index in [0.717, 1.165) is 22.3 Å². The molecule has 122 valence electrons. The average molecular weight is 329 g/mol. The van der Waals surface area contributed by atoms with Crippen LogP contribution in [-0.2, 0) is 0 Å². The molecule has 2 atom stereocenters. The molecule has 2 saturated heterocycles. The maximum Gasteiger partial charge on any atom is 0.251 e. The maximum atomic E-state index is 12.5. The lowest BCUT2D eigenvalue weighted by molar-refractivity contribution is 0.0575. The molecule has 0 spiro atoms. The third-order valence-electron chi connectivity index (χ3n) is 5.35. The van der Waals surface area contributed by atoms with Crippen molar-refractivity contribution >= 4 is 27.5 Å². The number of nitrogens with one attached hydrogen (secondary N) is 1. The number of fused-ring (bicyclic) bond motifs is 2. The first-order valence-electron chi connectivity index (χ1n) is 8.67. The zero-order valence-electron chi connectivity index (χ0n) is 13.3. The maximum absolute atomic E-state index is 12.5. The number of carbonyl (C=O) groups excluding carboxylic acids is 1. The molecule has 1 aromatic carbocycles. The highest BCUT2D eigenvalue weighted by atomic mass is 32.1. The molecule has 2 fully saturated rings. The number of hydrogen-bond acceptors (Lipinski definition) is 4. The summed E-state index contributed by atoms with van der Waals surface area (Å²) in [6.07, 6.45) is 6.49. The molecule has 5 heteroatoms. The number of benzene rings is 1. The molecule has 4 nitrogen and oxygen atoms in total. The molecule has 0 saturated carbocycles. The molecule has 2 aliphatic heterocycles. The van der Waals surface area contributed by atoms with Gasteiger partial charge in [0, 0.05) is 18.2 Å². The standard InChI is InChI=1S/C18H23N3OS/c22-18(13-6-7-15-17(10-13)23-12-20-15)19-11-14-4-3-9-21-8-2-1-5-16(14)21/h6-7,10,12,14,16H,1-5,8-9,11H2,(H,19,22). The molecule has 1 amide bonds. The van der Waals surface area contributed by atoms with Crippen LogP contribution in [0.1, 0.15) is 42.5 Å². The van der Waals surface area contributed by atoms with Crippen molar-refractivity contribution in [1.82, 2.24) is 15.2 Å². The second kappa shape index (κ2) is 6.57. The summed E-state index contributed by atoms with van der Waals surface area (Å²) in [6, 6.07) is 6.45. The lowest BCUT2D eigenvalue weighted by Gasteiger charge is -2.44. The summed E-state index contributed by atoms with van der Waals surface area (Å²) < 4.78 is 1.08. The molecule has 3 heterocycles. The van der Waals surface area contributed by atoms with E-state index >= 15 is 0 Å². The van der Waals surface area contributed by atoms with Crippen LogP contribution in [0.4, 0.5) is 0 Å². The van der Waals surface area contributed by atoms with E-state index in [2.05, 4.69) is 15.2 Å². The third-order valence-corrected chi connectivity index (χ3v) is 6.14. The molecule has 2 unspecified atom stereocenters. The summed E-state index contributed by atoms with van der Waals surface area (Å²) in [5.41, 5.74) is 3.54. The molecule has 4 rings (SSSR count). The van der Waals surface area contributed by atoms with Gasteiger partial charge in [-0.05, 0) is 62.9 Å². The fraction of sp³-hybridized carbons (Fsp3) is 0.556. The number of nitrogens with zero attached hydrogens (tertiary/aromatic N) is 2. The summed E-state index contributed by atoms with van der Waals surface area (Å²) >= 11 is 1.58. The molecule has 1 N–H and O–H groups in total. The van der Waals surface area contributed by atoms with Gasteiger partial charge in [0.2, 0.25) is 0 Å². The molecular formula is C18H23N3OS. The molecule has 2 aliphatic rings. The van der Waals surface area contributed by atoms with Gasteiger partial charge in [0.25, 0.3) is 5.91 Å². The van der Waals surface area contributed by atoms with Crippen LogP contribution in [0.2, 0.25) is 0 Å². The SMILES string of the molecule is O=C(NCC1CCCN2CCCCC12)c1ccc2ncsc2c1. The number of hydrogen-bond donors (Lipinski definition) is 1. The average Bonchev–Trinajstić information content (AvgIpc) is 3.07. The highest BCUT2D eigenvalue weighted by Gasteiger charge is 2.32. The van der Waals surface area contributed by atoms with Crippen molar-refractivity contribution in [3.63, 3.8) is 0 Å². The van der Waals surface area contributed by atoms with Gasteiger partial charge in [-0.25, -0.2) is 4.98 Å². The lowest BCUT2D eigenvalue weighted by Crippen LogP contribution is -2.51. The highest BCUT2D eigenvalue weighted by molar-refractivity contribution is 7.16. The number of aromatic nitrogens is 1. The minimum atomic E-state index is 0.0493. The Balaban J connectivity index is 1.40. The molecular weight excluding hydrogens is 306 g/mol. The van der Waals surface area contributed by atoms with E-state index in [1.165, 1.54) is 45.2 Å². The molecule has 2 aromatic rings. The Morgan fingerprint density at radius 3 is 3.13 bits per heavy atom. The van der Waals surface area contributed by atoms with Gasteiger partial charge in [-0.1, -0.05) is 6.42 Å². The Morgan fingerprint density at radius 1 is 1.26 bits per heavy atom. The molecule has 0 radical (unpaired) electrons. The number of thiazole rings is 1. The Hall–Kier alpha value is -1.46. The third kappa shape index (κ3) is 3.12. The van der Waals surface area contributed by atoms with E-state index in [-0.39, 0.29) is 5.91 Å². The predicted molar refractivity (Wildman–Crippen MR) is 93.9 cm³/mol. The van der Waals surface area contributed by atoms with E-state index < -0.39 is 0 Å². The van der Waals surface area contributed by atoms with Gasteiger partial charge in [-0.2, -0.15) is 0 Å². The zero-order chi connectivity index (χ0) is 15.6. The lowest BCUT2D eigenvalue weighted by atomic mass is 9.83. The summed E-state index contributed by atoms with van der Waals surface area (Å²) in [7, 11) is 0. The van der Waals surface area contributed by atoms with E-state index in [4.69, 9.17) is 0 Å². The van der Waals surface area contributed by atoms with Crippen molar-refractivity contribution in [1.29, 1.82) is 0 Å². The van der Waals surface area contributed by atoms with Crippen molar-refractivity contribution in [2.24, 2.45) is 5.92 Å².